The van der Waals surface area contributed by atoms with Crippen LogP contribution in [-0.4, -0.2) is 16.8 Å². The first kappa shape index (κ1) is 13.0. The number of carbonyl (C=O) groups is 1. The van der Waals surface area contributed by atoms with Crippen LogP contribution >= 0.6 is 23.1 Å². The molecule has 0 unspecified atom stereocenters. The van der Waals surface area contributed by atoms with Gasteiger partial charge in [0.25, 0.3) is 5.76 Å². The predicted molar refractivity (Wildman–Crippen MR) is 68.6 cm³/mol. The molecular weight excluding hydrogens is 278 g/mol. The average Bonchev–Trinajstić information content (AvgIpc) is 2.78. The summed E-state index contributed by atoms with van der Waals surface area (Å²) < 4.78 is 24.3. The summed E-state index contributed by atoms with van der Waals surface area (Å²) in [5.41, 5.74) is 0.825. The van der Waals surface area contributed by atoms with Crippen LogP contribution in [0.5, 0.6) is 0 Å². The van der Waals surface area contributed by atoms with Gasteiger partial charge in [0, 0.05) is 9.77 Å². The minimum Gasteiger partial charge on any atom is -0.477 e. The molecule has 2 rings (SSSR count). The Morgan fingerprint density at radius 3 is 2.33 bits per heavy atom. The van der Waals surface area contributed by atoms with E-state index in [-0.39, 0.29) is 4.88 Å². The van der Waals surface area contributed by atoms with E-state index in [1.807, 2.05) is 0 Å². The first-order valence-corrected chi connectivity index (χ1v) is 6.64. The van der Waals surface area contributed by atoms with Gasteiger partial charge in [-0.1, -0.05) is 23.9 Å². The van der Waals surface area contributed by atoms with Crippen molar-refractivity contribution in [3.8, 4) is 10.4 Å². The Balaban J connectivity index is 2.20. The maximum atomic E-state index is 12.1. The second kappa shape index (κ2) is 5.49. The fraction of sp³-hybridized carbons (Fsp3) is 0.0833. The molecule has 0 saturated heterocycles. The van der Waals surface area contributed by atoms with Gasteiger partial charge in [-0.2, -0.15) is 8.78 Å². The second-order valence-electron chi connectivity index (χ2n) is 3.37. The molecule has 0 radical (unpaired) electrons. The number of hydrogen-bond donors (Lipinski definition) is 1. The van der Waals surface area contributed by atoms with Gasteiger partial charge in [0.15, 0.2) is 0 Å². The van der Waals surface area contributed by atoms with Gasteiger partial charge in [0.1, 0.15) is 4.88 Å². The lowest BCUT2D eigenvalue weighted by Crippen LogP contribution is -1.89. The van der Waals surface area contributed by atoms with E-state index in [4.69, 9.17) is 5.11 Å². The number of halogens is 2. The molecule has 2 aromatic rings. The number of rotatable bonds is 4. The molecule has 0 atom stereocenters. The van der Waals surface area contributed by atoms with Crippen LogP contribution in [0.25, 0.3) is 10.4 Å². The minimum absolute atomic E-state index is 0.260. The quantitative estimate of drug-likeness (QED) is 0.845. The molecule has 6 heteroatoms. The van der Waals surface area contributed by atoms with Crippen LogP contribution in [0.3, 0.4) is 0 Å². The van der Waals surface area contributed by atoms with Gasteiger partial charge in [-0.05, 0) is 29.8 Å². The summed E-state index contributed by atoms with van der Waals surface area (Å²) in [5.74, 6) is -3.40. The molecular formula is C12H8F2O2S2. The van der Waals surface area contributed by atoms with E-state index in [0.717, 1.165) is 21.8 Å². The number of thioether (sulfide) groups is 1. The van der Waals surface area contributed by atoms with Crippen molar-refractivity contribution < 1.29 is 18.7 Å². The lowest BCUT2D eigenvalue weighted by Gasteiger charge is -2.01. The topological polar surface area (TPSA) is 37.3 Å². The number of hydrogen-bond acceptors (Lipinski definition) is 3. The number of carboxylic acid groups (broad SMARTS) is 1. The maximum Gasteiger partial charge on any atom is 0.345 e. The molecule has 0 amide bonds. The number of aromatic carboxylic acids is 1. The molecule has 1 heterocycles. The molecule has 0 aliphatic heterocycles. The molecule has 0 aliphatic carbocycles. The summed E-state index contributed by atoms with van der Waals surface area (Å²) in [6, 6.07) is 9.87. The van der Waals surface area contributed by atoms with Gasteiger partial charge >= 0.3 is 5.97 Å². The van der Waals surface area contributed by atoms with Crippen LogP contribution in [0.15, 0.2) is 41.3 Å². The Labute approximate surface area is 110 Å². The van der Waals surface area contributed by atoms with Gasteiger partial charge in [-0.25, -0.2) is 4.79 Å². The van der Waals surface area contributed by atoms with Crippen molar-refractivity contribution in [1.29, 1.82) is 0 Å². The molecule has 0 fully saturated rings. The third-order valence-corrected chi connectivity index (χ3v) is 4.03. The van der Waals surface area contributed by atoms with Crippen molar-refractivity contribution in [2.45, 2.75) is 10.7 Å². The fourth-order valence-electron chi connectivity index (χ4n) is 1.41. The molecule has 1 aromatic carbocycles. The Hall–Kier alpha value is -1.40. The monoisotopic (exact) mass is 286 g/mol. The van der Waals surface area contributed by atoms with Crippen molar-refractivity contribution in [2.75, 3.05) is 0 Å². The maximum absolute atomic E-state index is 12.1. The van der Waals surface area contributed by atoms with Crippen molar-refractivity contribution in [2.24, 2.45) is 0 Å². The highest BCUT2D eigenvalue weighted by Gasteiger charge is 2.09. The highest BCUT2D eigenvalue weighted by molar-refractivity contribution is 7.99. The highest BCUT2D eigenvalue weighted by Crippen LogP contribution is 2.31. The molecule has 0 spiro atoms. The van der Waals surface area contributed by atoms with Crippen molar-refractivity contribution in [3.63, 3.8) is 0 Å². The zero-order valence-corrected chi connectivity index (χ0v) is 10.6. The summed E-state index contributed by atoms with van der Waals surface area (Å²) in [5, 5.41) is 8.81. The van der Waals surface area contributed by atoms with Crippen molar-refractivity contribution in [1.82, 2.24) is 0 Å². The summed E-state index contributed by atoms with van der Waals surface area (Å²) in [7, 11) is 0. The van der Waals surface area contributed by atoms with Gasteiger partial charge in [-0.3, -0.25) is 0 Å². The highest BCUT2D eigenvalue weighted by atomic mass is 32.2. The van der Waals surface area contributed by atoms with Crippen LogP contribution < -0.4 is 0 Å². The summed E-state index contributed by atoms with van der Waals surface area (Å²) >= 11 is 1.65. The number of alkyl halides is 2. The summed E-state index contributed by atoms with van der Waals surface area (Å²) in [6.45, 7) is 0. The Kier molecular flexibility index (Phi) is 3.98. The van der Waals surface area contributed by atoms with E-state index in [1.165, 1.54) is 6.07 Å². The van der Waals surface area contributed by atoms with E-state index < -0.39 is 11.7 Å². The third kappa shape index (κ3) is 3.08. The Bertz CT molecular complexity index is 549. The van der Waals surface area contributed by atoms with E-state index in [0.29, 0.717) is 16.7 Å². The van der Waals surface area contributed by atoms with E-state index >= 15 is 0 Å². The fourth-order valence-corrected chi connectivity index (χ4v) is 2.76. The number of thiophene rings is 1. The molecule has 0 saturated carbocycles. The lowest BCUT2D eigenvalue weighted by atomic mass is 10.2. The second-order valence-corrected chi connectivity index (χ2v) is 5.52. The molecule has 1 aromatic heterocycles. The standard InChI is InChI=1S/C12H8F2O2S2/c13-12(14)17-8-3-1-7(2-4-8)9-5-6-10(18-9)11(15)16/h1-6,12H,(H,15,16). The Morgan fingerprint density at radius 2 is 1.83 bits per heavy atom. The van der Waals surface area contributed by atoms with E-state index in [2.05, 4.69) is 0 Å². The van der Waals surface area contributed by atoms with Crippen molar-refractivity contribution in [3.05, 3.63) is 41.3 Å². The normalized spacial score (nSPS) is 10.8. The molecule has 1 N–H and O–H groups in total. The average molecular weight is 286 g/mol. The van der Waals surface area contributed by atoms with Crippen LogP contribution in [0, 0.1) is 0 Å². The first-order valence-electron chi connectivity index (χ1n) is 4.94. The van der Waals surface area contributed by atoms with Gasteiger partial charge in [-0.15, -0.1) is 11.3 Å². The molecule has 94 valence electrons. The summed E-state index contributed by atoms with van der Waals surface area (Å²) in [4.78, 5) is 12.3. The first-order chi connectivity index (χ1) is 8.56. The van der Waals surface area contributed by atoms with Crippen LogP contribution in [-0.2, 0) is 0 Å². The van der Waals surface area contributed by atoms with Gasteiger partial charge in [0.05, 0.1) is 0 Å². The van der Waals surface area contributed by atoms with Crippen LogP contribution in [0.4, 0.5) is 8.78 Å². The van der Waals surface area contributed by atoms with Crippen molar-refractivity contribution >= 4 is 29.1 Å². The largest absolute Gasteiger partial charge is 0.477 e. The van der Waals surface area contributed by atoms with Gasteiger partial charge in [0.2, 0.25) is 0 Å². The minimum atomic E-state index is -2.43. The molecule has 2 nitrogen and oxygen atoms in total. The van der Waals surface area contributed by atoms with E-state index in [9.17, 15) is 13.6 Å². The smallest absolute Gasteiger partial charge is 0.345 e. The van der Waals surface area contributed by atoms with Gasteiger partial charge < -0.3 is 5.11 Å². The van der Waals surface area contributed by atoms with Crippen LogP contribution in [0.2, 0.25) is 0 Å². The number of carboxylic acids is 1. The van der Waals surface area contributed by atoms with E-state index in [1.54, 1.807) is 30.3 Å². The third-order valence-electron chi connectivity index (χ3n) is 2.18. The van der Waals surface area contributed by atoms with Crippen LogP contribution in [0.1, 0.15) is 9.67 Å². The zero-order valence-electron chi connectivity index (χ0n) is 8.97. The Morgan fingerprint density at radius 1 is 1.17 bits per heavy atom. The lowest BCUT2D eigenvalue weighted by molar-refractivity contribution is 0.0702. The SMILES string of the molecule is O=C(O)c1ccc(-c2ccc(SC(F)F)cc2)s1. The zero-order chi connectivity index (χ0) is 13.1. The molecule has 0 aliphatic rings. The summed E-state index contributed by atoms with van der Waals surface area (Å²) in [6.07, 6.45) is 0. The molecule has 0 bridgehead atoms. The predicted octanol–water partition coefficient (Wildman–Crippen LogP) is 4.43. The molecule has 18 heavy (non-hydrogen) atoms. The number of benzene rings is 1.